The first-order chi connectivity index (χ1) is 8.19. The van der Waals surface area contributed by atoms with Crippen molar-refractivity contribution in [2.45, 2.75) is 58.7 Å². The highest BCUT2D eigenvalue weighted by Crippen LogP contribution is 2.06. The maximum Gasteiger partial charge on any atom is 0.408 e. The molecule has 6 heteroatoms. The summed E-state index contributed by atoms with van der Waals surface area (Å²) in [5.41, 5.74) is -0.600. The lowest BCUT2D eigenvalue weighted by molar-refractivity contribution is -0.123. The van der Waals surface area contributed by atoms with Gasteiger partial charge in [0.05, 0.1) is 12.6 Å². The van der Waals surface area contributed by atoms with Crippen LogP contribution in [-0.2, 0) is 9.53 Å². The Morgan fingerprint density at radius 1 is 1.28 bits per heavy atom. The van der Waals surface area contributed by atoms with Crippen molar-refractivity contribution >= 4 is 12.0 Å². The summed E-state index contributed by atoms with van der Waals surface area (Å²) in [7, 11) is 0. The van der Waals surface area contributed by atoms with Crippen LogP contribution in [0.4, 0.5) is 4.79 Å². The summed E-state index contributed by atoms with van der Waals surface area (Å²) in [6.45, 7) is 8.53. The normalized spacial score (nSPS) is 14.6. The fourth-order valence-electron chi connectivity index (χ4n) is 1.15. The minimum atomic E-state index is -0.708. The van der Waals surface area contributed by atoms with Crippen LogP contribution < -0.4 is 10.6 Å². The zero-order valence-corrected chi connectivity index (χ0v) is 11.7. The average molecular weight is 260 g/mol. The van der Waals surface area contributed by atoms with Gasteiger partial charge in [0.25, 0.3) is 0 Å². The van der Waals surface area contributed by atoms with E-state index in [0.717, 1.165) is 0 Å². The van der Waals surface area contributed by atoms with Gasteiger partial charge in [0.15, 0.2) is 0 Å². The molecule has 0 aromatic heterocycles. The Labute approximate surface area is 108 Å². The fraction of sp³-hybridized carbons (Fsp3) is 0.833. The van der Waals surface area contributed by atoms with E-state index < -0.39 is 17.7 Å². The molecule has 106 valence electrons. The van der Waals surface area contributed by atoms with Gasteiger partial charge in [-0.25, -0.2) is 4.79 Å². The number of aliphatic hydroxyl groups is 1. The topological polar surface area (TPSA) is 87.7 Å². The maximum absolute atomic E-state index is 11.7. The van der Waals surface area contributed by atoms with Gasteiger partial charge in [0, 0.05) is 0 Å². The summed E-state index contributed by atoms with van der Waals surface area (Å²) >= 11 is 0. The molecule has 0 rings (SSSR count). The van der Waals surface area contributed by atoms with Gasteiger partial charge in [0.2, 0.25) is 5.91 Å². The first-order valence-electron chi connectivity index (χ1n) is 6.10. The molecule has 18 heavy (non-hydrogen) atoms. The number of aliphatic hydroxyl groups excluding tert-OH is 1. The lowest BCUT2D eigenvalue weighted by atomic mass is 10.2. The third kappa shape index (κ3) is 7.11. The van der Waals surface area contributed by atoms with Crippen LogP contribution in [0.1, 0.15) is 41.0 Å². The minimum absolute atomic E-state index is 0.124. The predicted molar refractivity (Wildman–Crippen MR) is 68.1 cm³/mol. The number of hydrogen-bond acceptors (Lipinski definition) is 4. The van der Waals surface area contributed by atoms with E-state index in [-0.39, 0.29) is 18.6 Å². The van der Waals surface area contributed by atoms with E-state index in [1.807, 2.05) is 6.92 Å². The van der Waals surface area contributed by atoms with Gasteiger partial charge in [-0.15, -0.1) is 0 Å². The number of carbonyl (C=O) groups is 2. The number of rotatable bonds is 5. The summed E-state index contributed by atoms with van der Waals surface area (Å²) in [4.78, 5) is 23.1. The molecule has 0 saturated carbocycles. The van der Waals surface area contributed by atoms with Crippen molar-refractivity contribution in [2.24, 2.45) is 0 Å². The molecule has 0 bridgehead atoms. The third-order valence-electron chi connectivity index (χ3n) is 2.19. The van der Waals surface area contributed by atoms with Crippen LogP contribution in [0, 0.1) is 0 Å². The van der Waals surface area contributed by atoms with Crippen molar-refractivity contribution in [3.63, 3.8) is 0 Å². The Bertz CT molecular complexity index is 282. The predicted octanol–water partition coefficient (Wildman–Crippen LogP) is 0.787. The van der Waals surface area contributed by atoms with Crippen molar-refractivity contribution < 1.29 is 19.4 Å². The summed E-state index contributed by atoms with van der Waals surface area (Å²) in [6.07, 6.45) is -0.0105. The second kappa shape index (κ2) is 7.20. The number of carbonyl (C=O) groups excluding carboxylic acids is 2. The van der Waals surface area contributed by atoms with Crippen molar-refractivity contribution in [3.05, 3.63) is 0 Å². The van der Waals surface area contributed by atoms with Crippen LogP contribution in [0.5, 0.6) is 0 Å². The monoisotopic (exact) mass is 260 g/mol. The smallest absolute Gasteiger partial charge is 0.408 e. The molecular formula is C12H24N2O4. The molecule has 0 aliphatic rings. The molecule has 0 aliphatic heterocycles. The second-order valence-electron chi connectivity index (χ2n) is 5.16. The molecule has 0 saturated heterocycles. The van der Waals surface area contributed by atoms with E-state index in [4.69, 9.17) is 9.84 Å². The molecule has 0 radical (unpaired) electrons. The van der Waals surface area contributed by atoms with Gasteiger partial charge >= 0.3 is 6.09 Å². The van der Waals surface area contributed by atoms with E-state index >= 15 is 0 Å². The van der Waals surface area contributed by atoms with Gasteiger partial charge in [0.1, 0.15) is 11.6 Å². The van der Waals surface area contributed by atoms with Crippen molar-refractivity contribution in [1.82, 2.24) is 10.6 Å². The zero-order valence-electron chi connectivity index (χ0n) is 11.7. The van der Waals surface area contributed by atoms with Crippen LogP contribution in [0.2, 0.25) is 0 Å². The van der Waals surface area contributed by atoms with Gasteiger partial charge in [-0.2, -0.15) is 0 Å². The summed E-state index contributed by atoms with van der Waals surface area (Å²) in [5.74, 6) is -0.346. The SMILES string of the molecule is CCC(CO)NC(=O)C(C)NC(=O)OC(C)(C)C. The van der Waals surface area contributed by atoms with Crippen molar-refractivity contribution in [3.8, 4) is 0 Å². The molecule has 2 unspecified atom stereocenters. The minimum Gasteiger partial charge on any atom is -0.444 e. The summed E-state index contributed by atoms with van der Waals surface area (Å²) in [6, 6.07) is -0.999. The molecule has 0 aliphatic carbocycles. The van der Waals surface area contributed by atoms with Crippen LogP contribution in [0.3, 0.4) is 0 Å². The molecule has 6 nitrogen and oxygen atoms in total. The number of amides is 2. The lowest BCUT2D eigenvalue weighted by Gasteiger charge is -2.22. The van der Waals surface area contributed by atoms with E-state index in [9.17, 15) is 9.59 Å². The zero-order chi connectivity index (χ0) is 14.3. The Morgan fingerprint density at radius 3 is 2.22 bits per heavy atom. The van der Waals surface area contributed by atoms with Gasteiger partial charge in [-0.3, -0.25) is 4.79 Å². The molecule has 0 aromatic rings. The molecule has 3 N–H and O–H groups in total. The van der Waals surface area contributed by atoms with Crippen LogP contribution in [0.25, 0.3) is 0 Å². The second-order valence-corrected chi connectivity index (χ2v) is 5.16. The third-order valence-corrected chi connectivity index (χ3v) is 2.19. The van der Waals surface area contributed by atoms with E-state index in [1.54, 1.807) is 27.7 Å². The number of ether oxygens (including phenoxy) is 1. The Morgan fingerprint density at radius 2 is 1.83 bits per heavy atom. The molecule has 0 heterocycles. The quantitative estimate of drug-likeness (QED) is 0.682. The first kappa shape index (κ1) is 16.7. The Kier molecular flexibility index (Phi) is 6.68. The van der Waals surface area contributed by atoms with Crippen LogP contribution >= 0.6 is 0 Å². The highest BCUT2D eigenvalue weighted by atomic mass is 16.6. The molecule has 0 fully saturated rings. The standard InChI is InChI=1S/C12H24N2O4/c1-6-9(7-15)14-10(16)8(2)13-11(17)18-12(3,4)5/h8-9,15H,6-7H2,1-5H3,(H,13,17)(H,14,16). The highest BCUT2D eigenvalue weighted by molar-refractivity contribution is 5.85. The number of alkyl carbamates (subject to hydrolysis) is 1. The van der Waals surface area contributed by atoms with Gasteiger partial charge in [-0.05, 0) is 34.1 Å². The Hall–Kier alpha value is -1.30. The molecule has 0 spiro atoms. The Balaban J connectivity index is 4.19. The van der Waals surface area contributed by atoms with Gasteiger partial charge < -0.3 is 20.5 Å². The summed E-state index contributed by atoms with van der Waals surface area (Å²) in [5, 5.41) is 14.0. The van der Waals surface area contributed by atoms with E-state index in [1.165, 1.54) is 0 Å². The molecule has 0 aromatic carbocycles. The fourth-order valence-corrected chi connectivity index (χ4v) is 1.15. The average Bonchev–Trinajstić information content (AvgIpc) is 2.22. The molecular weight excluding hydrogens is 236 g/mol. The van der Waals surface area contributed by atoms with E-state index in [0.29, 0.717) is 6.42 Å². The first-order valence-corrected chi connectivity index (χ1v) is 6.10. The van der Waals surface area contributed by atoms with Crippen molar-refractivity contribution in [2.75, 3.05) is 6.61 Å². The largest absolute Gasteiger partial charge is 0.444 e. The lowest BCUT2D eigenvalue weighted by Crippen LogP contribution is -2.49. The van der Waals surface area contributed by atoms with Gasteiger partial charge in [-0.1, -0.05) is 6.92 Å². The number of hydrogen-bond donors (Lipinski definition) is 3. The molecule has 2 atom stereocenters. The van der Waals surface area contributed by atoms with E-state index in [2.05, 4.69) is 10.6 Å². The van der Waals surface area contributed by atoms with Crippen molar-refractivity contribution in [1.29, 1.82) is 0 Å². The maximum atomic E-state index is 11.7. The van der Waals surface area contributed by atoms with Crippen LogP contribution in [0.15, 0.2) is 0 Å². The summed E-state index contributed by atoms with van der Waals surface area (Å²) < 4.78 is 5.04. The number of nitrogens with one attached hydrogen (secondary N) is 2. The molecule has 2 amide bonds. The highest BCUT2D eigenvalue weighted by Gasteiger charge is 2.22. The van der Waals surface area contributed by atoms with Crippen LogP contribution in [-0.4, -0.2) is 41.4 Å².